The minimum atomic E-state index is -4.75. The molecule has 0 radical (unpaired) electrons. The van der Waals surface area contributed by atoms with Crippen LogP contribution in [0.4, 0.5) is 13.2 Å². The number of alkyl halides is 3. The van der Waals surface area contributed by atoms with E-state index in [9.17, 15) is 18.0 Å². The number of carboxylic acid groups (broad SMARTS) is 1. The number of hydrogen-bond donors (Lipinski definition) is 1. The monoisotopic (exact) mass is 278 g/mol. The van der Waals surface area contributed by atoms with E-state index < -0.39 is 35.9 Å². The van der Waals surface area contributed by atoms with Crippen molar-refractivity contribution < 1.29 is 23.1 Å². The van der Waals surface area contributed by atoms with Crippen molar-refractivity contribution in [2.24, 2.45) is 10.8 Å². The van der Waals surface area contributed by atoms with E-state index >= 15 is 0 Å². The van der Waals surface area contributed by atoms with Crippen LogP contribution in [0.25, 0.3) is 0 Å². The van der Waals surface area contributed by atoms with Gasteiger partial charge < -0.3 is 10.0 Å². The summed E-state index contributed by atoms with van der Waals surface area (Å²) in [5, 5.41) is 17.7. The Balaban J connectivity index is 2.72. The highest BCUT2D eigenvalue weighted by atomic mass is 19.4. The lowest BCUT2D eigenvalue weighted by atomic mass is 9.86. The number of carboxylic acids is 1. The van der Waals surface area contributed by atoms with E-state index in [-0.39, 0.29) is 6.54 Å². The highest BCUT2D eigenvalue weighted by molar-refractivity contribution is 5.76. The molecular weight excluding hydrogens is 261 g/mol. The minimum Gasteiger partial charge on any atom is -0.481 e. The molecule has 1 fully saturated rings. The Labute approximate surface area is 109 Å². The Morgan fingerprint density at radius 2 is 2.05 bits per heavy atom. The van der Waals surface area contributed by atoms with Crippen LogP contribution in [0.15, 0.2) is 0 Å². The summed E-state index contributed by atoms with van der Waals surface area (Å²) in [6.45, 7) is 3.26. The number of rotatable bonds is 4. The third kappa shape index (κ3) is 3.18. The van der Waals surface area contributed by atoms with Gasteiger partial charge in [-0.1, -0.05) is 0 Å². The standard InChI is InChI=1S/C12H17F3N2O2/c1-10(2,7-16)3-5-17-6-4-11(8-17,9(18)19)12(13,14)15/h3-6,8H2,1-2H3,(H,18,19). The Morgan fingerprint density at radius 1 is 1.47 bits per heavy atom. The van der Waals surface area contributed by atoms with E-state index in [1.807, 2.05) is 0 Å². The molecule has 0 bridgehead atoms. The fourth-order valence-corrected chi connectivity index (χ4v) is 2.10. The summed E-state index contributed by atoms with van der Waals surface area (Å²) >= 11 is 0. The van der Waals surface area contributed by atoms with Gasteiger partial charge in [-0.25, -0.2) is 0 Å². The predicted molar refractivity (Wildman–Crippen MR) is 61.2 cm³/mol. The molecule has 1 aliphatic rings. The molecule has 1 rings (SSSR count). The molecule has 1 heterocycles. The Morgan fingerprint density at radius 3 is 2.42 bits per heavy atom. The van der Waals surface area contributed by atoms with Crippen LogP contribution in [0.3, 0.4) is 0 Å². The van der Waals surface area contributed by atoms with Gasteiger partial charge in [-0.05, 0) is 39.8 Å². The molecule has 19 heavy (non-hydrogen) atoms. The van der Waals surface area contributed by atoms with E-state index in [1.54, 1.807) is 13.8 Å². The molecule has 1 aliphatic heterocycles. The van der Waals surface area contributed by atoms with Crippen molar-refractivity contribution in [3.63, 3.8) is 0 Å². The molecule has 0 spiro atoms. The van der Waals surface area contributed by atoms with Crippen LogP contribution in [-0.2, 0) is 4.79 Å². The highest BCUT2D eigenvalue weighted by Gasteiger charge is 2.63. The molecule has 0 aromatic rings. The van der Waals surface area contributed by atoms with Crippen molar-refractivity contribution in [3.05, 3.63) is 0 Å². The summed E-state index contributed by atoms with van der Waals surface area (Å²) < 4.78 is 38.8. The van der Waals surface area contributed by atoms with Gasteiger partial charge in [0, 0.05) is 6.54 Å². The molecule has 0 aromatic carbocycles. The van der Waals surface area contributed by atoms with E-state index in [2.05, 4.69) is 6.07 Å². The minimum absolute atomic E-state index is 0.0906. The van der Waals surface area contributed by atoms with Crippen molar-refractivity contribution >= 4 is 5.97 Å². The summed E-state index contributed by atoms with van der Waals surface area (Å²) in [6, 6.07) is 2.07. The third-order valence-corrected chi connectivity index (χ3v) is 3.66. The molecule has 1 atom stereocenters. The van der Waals surface area contributed by atoms with Crippen molar-refractivity contribution in [2.75, 3.05) is 19.6 Å². The second-order valence-electron chi connectivity index (χ2n) is 5.66. The van der Waals surface area contributed by atoms with E-state index in [1.165, 1.54) is 4.90 Å². The van der Waals surface area contributed by atoms with Crippen molar-refractivity contribution in [1.82, 2.24) is 4.90 Å². The lowest BCUT2D eigenvalue weighted by Gasteiger charge is -2.28. The van der Waals surface area contributed by atoms with E-state index in [0.717, 1.165) is 0 Å². The molecule has 1 saturated heterocycles. The largest absolute Gasteiger partial charge is 0.481 e. The molecule has 0 amide bonds. The smallest absolute Gasteiger partial charge is 0.406 e. The average Bonchev–Trinajstić information content (AvgIpc) is 2.71. The van der Waals surface area contributed by atoms with Gasteiger partial charge in [0.2, 0.25) is 0 Å². The van der Waals surface area contributed by atoms with Crippen LogP contribution in [0.1, 0.15) is 26.7 Å². The third-order valence-electron chi connectivity index (χ3n) is 3.66. The first-order chi connectivity index (χ1) is 8.54. The van der Waals surface area contributed by atoms with E-state index in [0.29, 0.717) is 13.0 Å². The van der Waals surface area contributed by atoms with Crippen molar-refractivity contribution in [2.45, 2.75) is 32.9 Å². The van der Waals surface area contributed by atoms with Crippen LogP contribution >= 0.6 is 0 Å². The summed E-state index contributed by atoms with van der Waals surface area (Å²) in [6.07, 6.45) is -4.77. The second-order valence-corrected chi connectivity index (χ2v) is 5.66. The normalized spacial score (nSPS) is 25.3. The molecule has 108 valence electrons. The molecule has 4 nitrogen and oxygen atoms in total. The summed E-state index contributed by atoms with van der Waals surface area (Å²) in [5.74, 6) is -1.82. The van der Waals surface area contributed by atoms with Crippen LogP contribution in [0.2, 0.25) is 0 Å². The number of hydrogen-bond acceptors (Lipinski definition) is 3. The van der Waals surface area contributed by atoms with E-state index in [4.69, 9.17) is 10.4 Å². The van der Waals surface area contributed by atoms with Gasteiger partial charge in [0.15, 0.2) is 5.41 Å². The zero-order valence-corrected chi connectivity index (χ0v) is 10.9. The van der Waals surface area contributed by atoms with Gasteiger partial charge in [-0.15, -0.1) is 0 Å². The molecular formula is C12H17F3N2O2. The Hall–Kier alpha value is -1.29. The predicted octanol–water partition coefficient (Wildman–Crippen LogP) is 2.27. The summed E-state index contributed by atoms with van der Waals surface area (Å²) in [5.41, 5.74) is -3.28. The lowest BCUT2D eigenvalue weighted by molar-refractivity contribution is -0.227. The molecule has 7 heteroatoms. The second kappa shape index (κ2) is 5.00. The fraction of sp³-hybridized carbons (Fsp3) is 0.833. The SMILES string of the molecule is CC(C)(C#N)CCN1CCC(C(=O)O)(C(F)(F)F)C1. The number of aliphatic carboxylic acids is 1. The number of nitrogens with zero attached hydrogens (tertiary/aromatic N) is 2. The molecule has 1 unspecified atom stereocenters. The van der Waals surface area contributed by atoms with Crippen molar-refractivity contribution in [1.29, 1.82) is 5.26 Å². The number of likely N-dealkylation sites (tertiary alicyclic amines) is 1. The maximum absolute atomic E-state index is 12.9. The molecule has 0 aromatic heterocycles. The topological polar surface area (TPSA) is 64.3 Å². The zero-order chi connectivity index (χ0) is 14.9. The van der Waals surface area contributed by atoms with Gasteiger partial charge in [0.05, 0.1) is 11.5 Å². The van der Waals surface area contributed by atoms with Crippen LogP contribution in [-0.4, -0.2) is 41.8 Å². The zero-order valence-electron chi connectivity index (χ0n) is 10.9. The highest BCUT2D eigenvalue weighted by Crippen LogP contribution is 2.45. The van der Waals surface area contributed by atoms with Gasteiger partial charge in [0.25, 0.3) is 0 Å². The first-order valence-electron chi connectivity index (χ1n) is 5.98. The van der Waals surface area contributed by atoms with Crippen molar-refractivity contribution in [3.8, 4) is 6.07 Å². The average molecular weight is 278 g/mol. The maximum Gasteiger partial charge on any atom is 0.406 e. The molecule has 0 aliphatic carbocycles. The maximum atomic E-state index is 12.9. The lowest BCUT2D eigenvalue weighted by Crippen LogP contribution is -2.47. The fourth-order valence-electron chi connectivity index (χ4n) is 2.10. The van der Waals surface area contributed by atoms with Gasteiger partial charge in [-0.2, -0.15) is 18.4 Å². The first-order valence-corrected chi connectivity index (χ1v) is 5.98. The Kier molecular flexibility index (Phi) is 4.15. The van der Waals surface area contributed by atoms with Gasteiger partial charge >= 0.3 is 12.1 Å². The quantitative estimate of drug-likeness (QED) is 0.856. The molecule has 1 N–H and O–H groups in total. The number of nitriles is 1. The Bertz CT molecular complexity index is 401. The molecule has 0 saturated carbocycles. The van der Waals surface area contributed by atoms with Crippen LogP contribution < -0.4 is 0 Å². The van der Waals surface area contributed by atoms with Crippen LogP contribution in [0, 0.1) is 22.2 Å². The number of carbonyl (C=O) groups is 1. The summed E-state index contributed by atoms with van der Waals surface area (Å²) in [4.78, 5) is 12.4. The summed E-state index contributed by atoms with van der Waals surface area (Å²) in [7, 11) is 0. The number of halogens is 3. The van der Waals surface area contributed by atoms with Crippen LogP contribution in [0.5, 0.6) is 0 Å². The van der Waals surface area contributed by atoms with Gasteiger partial charge in [-0.3, -0.25) is 4.79 Å². The van der Waals surface area contributed by atoms with Gasteiger partial charge in [0.1, 0.15) is 0 Å². The first kappa shape index (κ1) is 15.8.